The summed E-state index contributed by atoms with van der Waals surface area (Å²) in [5.41, 5.74) is 4.16. The van der Waals surface area contributed by atoms with E-state index in [0.717, 1.165) is 16.8 Å². The topological polar surface area (TPSA) is 75.6 Å². The highest BCUT2D eigenvalue weighted by Crippen LogP contribution is 2.22. The monoisotopic (exact) mass is 423 g/mol. The highest BCUT2D eigenvalue weighted by molar-refractivity contribution is 6.31. The Hall–Kier alpha value is -3.45. The van der Waals surface area contributed by atoms with Crippen LogP contribution >= 0.6 is 11.6 Å². The summed E-state index contributed by atoms with van der Waals surface area (Å²) in [5.74, 6) is -0.407. The third kappa shape index (κ3) is 4.11. The molecule has 0 atom stereocenters. The van der Waals surface area contributed by atoms with Crippen LogP contribution in [0.4, 0.5) is 10.2 Å². The predicted octanol–water partition coefficient (Wildman–Crippen LogP) is 4.98. The highest BCUT2D eigenvalue weighted by atomic mass is 35.5. The maximum Gasteiger partial charge on any atom is 0.274 e. The van der Waals surface area contributed by atoms with Crippen LogP contribution in [0.5, 0.6) is 0 Å². The van der Waals surface area contributed by atoms with Crippen molar-refractivity contribution in [1.82, 2.24) is 20.0 Å². The zero-order valence-electron chi connectivity index (χ0n) is 16.4. The number of carbonyl (C=O) groups excluding carboxylic acids is 1. The summed E-state index contributed by atoms with van der Waals surface area (Å²) in [6.45, 7) is 3.99. The molecule has 152 valence electrons. The van der Waals surface area contributed by atoms with Gasteiger partial charge in [0.15, 0.2) is 5.82 Å². The molecule has 0 aliphatic carbocycles. The van der Waals surface area contributed by atoms with Crippen LogP contribution in [-0.4, -0.2) is 25.9 Å². The van der Waals surface area contributed by atoms with E-state index in [-0.39, 0.29) is 12.5 Å². The molecule has 0 radical (unpaired) electrons. The minimum absolute atomic E-state index is 0.162. The number of aromatic amines is 1. The summed E-state index contributed by atoms with van der Waals surface area (Å²) in [6.07, 6.45) is 0. The second-order valence-electron chi connectivity index (χ2n) is 7.02. The molecule has 4 aromatic rings. The van der Waals surface area contributed by atoms with Crippen molar-refractivity contribution < 1.29 is 9.18 Å². The van der Waals surface area contributed by atoms with E-state index in [1.807, 2.05) is 38.1 Å². The summed E-state index contributed by atoms with van der Waals surface area (Å²) in [5, 5.41) is 14.4. The molecule has 0 spiro atoms. The first-order valence-corrected chi connectivity index (χ1v) is 9.69. The van der Waals surface area contributed by atoms with Crippen LogP contribution in [0.1, 0.15) is 27.3 Å². The highest BCUT2D eigenvalue weighted by Gasteiger charge is 2.15. The molecule has 0 saturated heterocycles. The second kappa shape index (κ2) is 8.12. The Morgan fingerprint density at radius 3 is 2.67 bits per heavy atom. The Bertz CT molecular complexity index is 1190. The van der Waals surface area contributed by atoms with Crippen LogP contribution in [0.15, 0.2) is 54.6 Å². The number of carbonyl (C=O) groups is 1. The Balaban J connectivity index is 1.49. The Morgan fingerprint density at radius 1 is 1.17 bits per heavy atom. The van der Waals surface area contributed by atoms with Gasteiger partial charge in [-0.05, 0) is 32.0 Å². The number of halogens is 2. The van der Waals surface area contributed by atoms with E-state index in [2.05, 4.69) is 20.6 Å². The van der Waals surface area contributed by atoms with Gasteiger partial charge in [0.1, 0.15) is 11.5 Å². The molecule has 0 unspecified atom stereocenters. The normalized spacial score (nSPS) is 10.9. The lowest BCUT2D eigenvalue weighted by atomic mass is 10.1. The zero-order valence-corrected chi connectivity index (χ0v) is 17.2. The average molecular weight is 424 g/mol. The number of aromatic nitrogens is 4. The zero-order chi connectivity index (χ0) is 21.3. The van der Waals surface area contributed by atoms with E-state index in [9.17, 15) is 9.18 Å². The van der Waals surface area contributed by atoms with E-state index in [0.29, 0.717) is 27.8 Å². The maximum absolute atomic E-state index is 14.1. The number of hydrogen-bond acceptors (Lipinski definition) is 3. The van der Waals surface area contributed by atoms with Gasteiger partial charge in [0.05, 0.1) is 12.2 Å². The minimum atomic E-state index is -0.399. The molecule has 0 aliphatic rings. The molecule has 4 rings (SSSR count). The van der Waals surface area contributed by atoms with Crippen molar-refractivity contribution in [3.05, 3.63) is 88.0 Å². The van der Waals surface area contributed by atoms with Crippen LogP contribution in [-0.2, 0) is 6.54 Å². The van der Waals surface area contributed by atoms with Gasteiger partial charge in [-0.25, -0.2) is 4.39 Å². The van der Waals surface area contributed by atoms with Gasteiger partial charge in [0, 0.05) is 27.9 Å². The van der Waals surface area contributed by atoms with Crippen LogP contribution in [0, 0.1) is 19.7 Å². The van der Waals surface area contributed by atoms with Gasteiger partial charge in [0.2, 0.25) is 0 Å². The van der Waals surface area contributed by atoms with Crippen molar-refractivity contribution in [2.45, 2.75) is 20.4 Å². The van der Waals surface area contributed by atoms with Gasteiger partial charge in [-0.15, -0.1) is 0 Å². The third-order valence-electron chi connectivity index (χ3n) is 4.76. The Labute approximate surface area is 177 Å². The molecule has 0 saturated carbocycles. The van der Waals surface area contributed by atoms with E-state index in [1.165, 1.54) is 6.07 Å². The van der Waals surface area contributed by atoms with Gasteiger partial charge in [0.25, 0.3) is 5.91 Å². The fourth-order valence-electron chi connectivity index (χ4n) is 3.06. The molecular formula is C22H19ClFN5O. The quantitative estimate of drug-likeness (QED) is 0.475. The summed E-state index contributed by atoms with van der Waals surface area (Å²) in [6, 6.07) is 15.8. The molecule has 2 aromatic heterocycles. The number of anilines is 1. The first kappa shape index (κ1) is 19.8. The predicted molar refractivity (Wildman–Crippen MR) is 114 cm³/mol. The van der Waals surface area contributed by atoms with Gasteiger partial charge in [-0.2, -0.15) is 10.2 Å². The number of H-pyrrole nitrogens is 1. The maximum atomic E-state index is 14.1. The van der Waals surface area contributed by atoms with Crippen molar-refractivity contribution in [1.29, 1.82) is 0 Å². The summed E-state index contributed by atoms with van der Waals surface area (Å²) in [4.78, 5) is 12.6. The molecule has 2 N–H and O–H groups in total. The van der Waals surface area contributed by atoms with Crippen molar-refractivity contribution in [2.75, 3.05) is 5.32 Å². The van der Waals surface area contributed by atoms with Crippen molar-refractivity contribution in [3.63, 3.8) is 0 Å². The standard InChI is InChI=1S/C22H19ClFN5O/c1-13-6-8-15(9-7-13)19-11-20(27-26-19)22(30)25-21-10-14(2)29(28-21)12-16-17(23)4-3-5-18(16)24/h3-11H,12H2,1-2H3,(H,26,27)(H,25,28,30). The Kier molecular flexibility index (Phi) is 5.37. The van der Waals surface area contributed by atoms with Crippen molar-refractivity contribution >= 4 is 23.3 Å². The van der Waals surface area contributed by atoms with Crippen molar-refractivity contribution in [2.24, 2.45) is 0 Å². The lowest BCUT2D eigenvalue weighted by molar-refractivity contribution is 0.102. The van der Waals surface area contributed by atoms with Crippen LogP contribution in [0.2, 0.25) is 5.02 Å². The molecule has 2 heterocycles. The van der Waals surface area contributed by atoms with Crippen LogP contribution in [0.25, 0.3) is 11.3 Å². The van der Waals surface area contributed by atoms with Crippen LogP contribution < -0.4 is 5.32 Å². The molecule has 2 aromatic carbocycles. The smallest absolute Gasteiger partial charge is 0.274 e. The molecule has 1 amide bonds. The summed E-state index contributed by atoms with van der Waals surface area (Å²) < 4.78 is 15.7. The third-order valence-corrected chi connectivity index (χ3v) is 5.12. The molecule has 6 nitrogen and oxygen atoms in total. The van der Waals surface area contributed by atoms with Gasteiger partial charge in [-0.3, -0.25) is 14.6 Å². The van der Waals surface area contributed by atoms with E-state index >= 15 is 0 Å². The van der Waals surface area contributed by atoms with Crippen LogP contribution in [0.3, 0.4) is 0 Å². The molecule has 8 heteroatoms. The first-order chi connectivity index (χ1) is 14.4. The Morgan fingerprint density at radius 2 is 1.93 bits per heavy atom. The lowest BCUT2D eigenvalue weighted by Crippen LogP contribution is -2.13. The average Bonchev–Trinajstić information content (AvgIpc) is 3.33. The first-order valence-electron chi connectivity index (χ1n) is 9.32. The van der Waals surface area contributed by atoms with E-state index in [4.69, 9.17) is 11.6 Å². The number of nitrogens with zero attached hydrogens (tertiary/aromatic N) is 3. The molecule has 0 fully saturated rings. The number of benzene rings is 2. The molecule has 0 bridgehead atoms. The second-order valence-corrected chi connectivity index (χ2v) is 7.42. The molecule has 30 heavy (non-hydrogen) atoms. The van der Waals surface area contributed by atoms with Crippen molar-refractivity contribution in [3.8, 4) is 11.3 Å². The fraction of sp³-hybridized carbons (Fsp3) is 0.136. The van der Waals surface area contributed by atoms with Gasteiger partial charge >= 0.3 is 0 Å². The minimum Gasteiger partial charge on any atom is -0.304 e. The summed E-state index contributed by atoms with van der Waals surface area (Å²) >= 11 is 6.10. The van der Waals surface area contributed by atoms with E-state index in [1.54, 1.807) is 28.9 Å². The van der Waals surface area contributed by atoms with E-state index < -0.39 is 5.82 Å². The number of aryl methyl sites for hydroxylation is 2. The number of hydrogen-bond donors (Lipinski definition) is 2. The number of nitrogens with one attached hydrogen (secondary N) is 2. The SMILES string of the molecule is Cc1ccc(-c2cc(C(=O)Nc3cc(C)n(Cc4c(F)cccc4Cl)n3)[nH]n2)cc1. The molecule has 0 aliphatic heterocycles. The van der Waals surface area contributed by atoms with Gasteiger partial charge < -0.3 is 5.32 Å². The largest absolute Gasteiger partial charge is 0.304 e. The summed E-state index contributed by atoms with van der Waals surface area (Å²) in [7, 11) is 0. The fourth-order valence-corrected chi connectivity index (χ4v) is 3.28. The molecular weight excluding hydrogens is 405 g/mol. The lowest BCUT2D eigenvalue weighted by Gasteiger charge is -2.07. The van der Waals surface area contributed by atoms with Gasteiger partial charge in [-0.1, -0.05) is 47.5 Å². The number of rotatable bonds is 5. The number of amides is 1.